The molecule has 0 saturated carbocycles. The Morgan fingerprint density at radius 1 is 0.877 bits per heavy atom. The van der Waals surface area contributed by atoms with Crippen molar-refractivity contribution in [3.05, 3.63) is 138 Å². The molecule has 0 aliphatic carbocycles. The molecule has 2 unspecified atom stereocenters. The van der Waals surface area contributed by atoms with Crippen LogP contribution in [-0.2, 0) is 41.8 Å². The third-order valence-corrected chi connectivity index (χ3v) is 9.08. The van der Waals surface area contributed by atoms with Gasteiger partial charge in [-0.15, -0.1) is 0 Å². The number of halogens is 1. The number of nitrogens with two attached hydrogens (primary N) is 2. The van der Waals surface area contributed by atoms with Gasteiger partial charge in [0.25, 0.3) is 36.0 Å². The number of nitriles is 3. The van der Waals surface area contributed by atoms with Gasteiger partial charge in [0.2, 0.25) is 0 Å². The van der Waals surface area contributed by atoms with Crippen LogP contribution in [0.4, 0.5) is 33.0 Å². The molecule has 26 nitrogen and oxygen atoms in total. The van der Waals surface area contributed by atoms with Crippen molar-refractivity contribution in [2.75, 3.05) is 32.2 Å². The van der Waals surface area contributed by atoms with Crippen LogP contribution in [0.25, 0.3) is 32.5 Å². The number of aromatic nitrogens is 3. The summed E-state index contributed by atoms with van der Waals surface area (Å²) in [6.45, 7) is 11.9. The number of nitro benzene ring substituents is 3. The Kier molecular flexibility index (Phi) is 34.6. The van der Waals surface area contributed by atoms with E-state index in [1.165, 1.54) is 24.3 Å². The van der Waals surface area contributed by atoms with Gasteiger partial charge in [-0.25, -0.2) is 11.0 Å². The number of methoxy groups -OCH3 is 2. The van der Waals surface area contributed by atoms with Crippen molar-refractivity contribution in [1.29, 1.82) is 15.8 Å². The molecule has 0 spiro atoms. The third-order valence-electron chi connectivity index (χ3n) is 9.08. The first-order valence-corrected chi connectivity index (χ1v) is 20.1. The summed E-state index contributed by atoms with van der Waals surface area (Å²) in [5.74, 6) is -0.387. The molecule has 378 valence electrons. The van der Waals surface area contributed by atoms with Crippen LogP contribution in [-0.4, -0.2) is 79.4 Å². The fraction of sp³-hybridized carbons (Fsp3) is 0.273. The molecule has 0 bridgehead atoms. The molecule has 1 aliphatic heterocycles. The van der Waals surface area contributed by atoms with E-state index in [0.717, 1.165) is 49.2 Å². The quantitative estimate of drug-likeness (QED) is 0.0261. The van der Waals surface area contributed by atoms with Gasteiger partial charge in [0.15, 0.2) is 12.6 Å². The third kappa shape index (κ3) is 21.4. The van der Waals surface area contributed by atoms with Crippen LogP contribution in [0.3, 0.4) is 0 Å². The second kappa shape index (κ2) is 36.6. The van der Waals surface area contributed by atoms with Gasteiger partial charge < -0.3 is 60.9 Å². The standard InChI is InChI=1S/C15H12N4O2.C11H10N4O2.C6H5FN2O2.C6H12O3.C3H2N2.C2H4O2.CH2O3.2K.H2.H/c1-2-18-14-9-11(19(20)21)5-6-12(14)13(10-16)15(18)17-7-3-4-8-17;1-2-14-10-5-7(15(16)17)3-4-8(10)9(6-12)11(14)13;7-5-2-1-4(9(10)11)3-6(5)8;1-7-5-3-4-6(8-2)9-5;1-5-3-2-4;1-2(3)4;2-1-4-3;;;;/h3-9H,2H2,1H3;3-5H,2,13H2,1H3;1-3H,8H2;5-6H,3-4H2,1-2H3;3H2;1H3,(H,3,4);1,3H;;;1H;/q;;;;;;;2*+1;;-1/p-1/i;;;;;;;;;1+1;. The van der Waals surface area contributed by atoms with Crippen molar-refractivity contribution in [1.82, 2.24) is 13.7 Å². The van der Waals surface area contributed by atoms with E-state index in [1.54, 1.807) is 37.0 Å². The maximum absolute atomic E-state index is 12.4. The molecule has 1 fully saturated rings. The molecule has 0 amide bonds. The SMILES string of the molecule is CC(=O)O.CCn1c(-n2cccc2)c(C#N)c2ccc([N+](=O)[O-])cc21.CCn1c(N)c(C#N)c2ccc([N+](=O)[O-])cc21.COC1CCC(OC)O1.Nc1cc([N+](=O)[O-])ccc1F.O=CO[O-].[2HH].[C-]#[N+]CC#N.[H-].[K+].[K+]. The number of non-ortho nitro benzene ring substituents is 3. The first-order valence-electron chi connectivity index (χ1n) is 20.1. The summed E-state index contributed by atoms with van der Waals surface area (Å²) in [6.07, 6.45) is 5.50. The zero-order valence-electron chi connectivity index (χ0n) is 41.5. The first kappa shape index (κ1) is 68.8. The van der Waals surface area contributed by atoms with Crippen molar-refractivity contribution in [3.63, 3.8) is 0 Å². The van der Waals surface area contributed by atoms with E-state index in [9.17, 15) is 40.0 Å². The van der Waals surface area contributed by atoms with Crippen molar-refractivity contribution in [2.45, 2.75) is 59.3 Å². The molecule has 73 heavy (non-hydrogen) atoms. The summed E-state index contributed by atoms with van der Waals surface area (Å²) in [6, 6.07) is 21.6. The Morgan fingerprint density at radius 3 is 1.62 bits per heavy atom. The predicted molar refractivity (Wildman–Crippen MR) is 252 cm³/mol. The van der Waals surface area contributed by atoms with Crippen molar-refractivity contribution in [2.24, 2.45) is 0 Å². The van der Waals surface area contributed by atoms with E-state index in [0.29, 0.717) is 46.5 Å². The second-order valence-corrected chi connectivity index (χ2v) is 13.4. The zero-order chi connectivity index (χ0) is 53.8. The van der Waals surface area contributed by atoms with Crippen molar-refractivity contribution >= 4 is 62.8 Å². The molecule has 3 aromatic carbocycles. The average molecular weight is 1070 g/mol. The number of aryl methyl sites for hydroxylation is 2. The molecule has 2 atom stereocenters. The van der Waals surface area contributed by atoms with Gasteiger partial charge >= 0.3 is 103 Å². The molecule has 6 aromatic rings. The number of nitro groups is 3. The van der Waals surface area contributed by atoms with Gasteiger partial charge in [-0.1, -0.05) is 0 Å². The Balaban J connectivity index is -0.000000421. The van der Waals surface area contributed by atoms with Gasteiger partial charge in [-0.05, 0) is 44.2 Å². The van der Waals surface area contributed by atoms with Crippen LogP contribution in [0.2, 0.25) is 0 Å². The Labute approximate surface area is 504 Å². The van der Waals surface area contributed by atoms with Gasteiger partial charge in [0.05, 0.1) is 31.5 Å². The Morgan fingerprint density at radius 2 is 1.29 bits per heavy atom. The molecule has 29 heteroatoms. The molecule has 1 aliphatic rings. The van der Waals surface area contributed by atoms with Crippen LogP contribution in [0.15, 0.2) is 79.1 Å². The number of carbonyl (C=O) groups is 2. The van der Waals surface area contributed by atoms with Gasteiger partial charge in [0.1, 0.15) is 46.8 Å². The summed E-state index contributed by atoms with van der Waals surface area (Å²) in [5, 5.41) is 75.1. The van der Waals surface area contributed by atoms with E-state index >= 15 is 0 Å². The predicted octanol–water partition coefficient (Wildman–Crippen LogP) is 0.634. The minimum atomic E-state index is -0.833. The van der Waals surface area contributed by atoms with Crippen molar-refractivity contribution in [3.8, 4) is 24.0 Å². The topological polar surface area (TPSA) is 386 Å². The van der Waals surface area contributed by atoms with Crippen LogP contribution < -0.4 is 119 Å². The number of carboxylic acid groups (broad SMARTS) is 1. The fourth-order valence-corrected chi connectivity index (χ4v) is 6.15. The van der Waals surface area contributed by atoms with Crippen molar-refractivity contribution < 1.29 is 164 Å². The number of carboxylic acids is 1. The maximum atomic E-state index is 12.4. The number of nitrogens with zero attached hydrogens (tertiary/aromatic N) is 10. The number of rotatable bonds is 9. The molecular formula is C44H49FK2N12O14. The number of nitrogen functional groups attached to an aromatic ring is 2. The molecule has 4 heterocycles. The average Bonchev–Trinajstić information content (AvgIpc) is 4.17. The van der Waals surface area contributed by atoms with E-state index < -0.39 is 26.6 Å². The summed E-state index contributed by atoms with van der Waals surface area (Å²) < 4.78 is 33.0. The smallest absolute Gasteiger partial charge is 1.00 e. The fourth-order valence-electron chi connectivity index (χ4n) is 6.15. The number of anilines is 2. The van der Waals surface area contributed by atoms with E-state index in [4.69, 9.17) is 62.7 Å². The number of aliphatic carboxylic acids is 1. The molecule has 5 N–H and O–H groups in total. The molecule has 3 aromatic heterocycles. The number of fused-ring (bicyclic) bond motifs is 2. The van der Waals surface area contributed by atoms with Gasteiger partial charge in [0, 0.05) is 108 Å². The summed E-state index contributed by atoms with van der Waals surface area (Å²) in [5.41, 5.74) is 12.7. The van der Waals surface area contributed by atoms with Crippen LogP contribution in [0.1, 0.15) is 47.6 Å². The zero-order valence-corrected chi connectivity index (χ0v) is 46.8. The number of benzene rings is 3. The van der Waals surface area contributed by atoms with Gasteiger partial charge in [-0.3, -0.25) is 39.9 Å². The summed E-state index contributed by atoms with van der Waals surface area (Å²) in [7, 11) is 3.28. The molecule has 0 radical (unpaired) electrons. The van der Waals surface area contributed by atoms with Gasteiger partial charge in [-0.2, -0.15) is 15.8 Å². The second-order valence-electron chi connectivity index (χ2n) is 13.4. The van der Waals surface area contributed by atoms with E-state index in [-0.39, 0.29) is 154 Å². The summed E-state index contributed by atoms with van der Waals surface area (Å²) >= 11 is 0. The normalized spacial score (nSPS) is 12.2. The van der Waals surface area contributed by atoms with E-state index in [1.807, 2.05) is 53.6 Å². The minimum absolute atomic E-state index is 0. The number of ether oxygens (including phenoxy) is 3. The monoisotopic (exact) mass is 1070 g/mol. The molecule has 1 saturated heterocycles. The Bertz CT molecular complexity index is 2930. The molecular weight excluding hydrogens is 1020 g/mol. The largest absolute Gasteiger partial charge is 1.00 e. The van der Waals surface area contributed by atoms with Crippen LogP contribution in [0, 0.1) is 76.7 Å². The summed E-state index contributed by atoms with van der Waals surface area (Å²) in [4.78, 5) is 53.2. The Hall–Kier alpha value is -6.24. The van der Waals surface area contributed by atoms with Crippen LogP contribution >= 0.6 is 0 Å². The number of hydrogen-bond donors (Lipinski definition) is 3. The number of hydrogen-bond acceptors (Lipinski definition) is 18. The van der Waals surface area contributed by atoms with E-state index in [2.05, 4.69) is 15.8 Å². The maximum Gasteiger partial charge on any atom is 1.00 e. The van der Waals surface area contributed by atoms with Crippen LogP contribution in [0.5, 0.6) is 0 Å². The number of carbonyl (C=O) groups excluding carboxylic acids is 1. The first-order chi connectivity index (χ1) is 33.8. The molecule has 7 rings (SSSR count). The minimum Gasteiger partial charge on any atom is -1.00 e.